The molecule has 0 aliphatic heterocycles. The van der Waals surface area contributed by atoms with Crippen LogP contribution in [0, 0.1) is 20.8 Å². The molecule has 2 aromatic rings. The lowest BCUT2D eigenvalue weighted by molar-refractivity contribution is -0.142. The second kappa shape index (κ2) is 10.8. The fourth-order valence-electron chi connectivity index (χ4n) is 3.18. The van der Waals surface area contributed by atoms with Crippen molar-refractivity contribution in [3.8, 4) is 5.75 Å². The maximum atomic E-state index is 13.1. The van der Waals surface area contributed by atoms with Gasteiger partial charge in [-0.25, -0.2) is 0 Å². The molecule has 2 rings (SSSR count). The van der Waals surface area contributed by atoms with E-state index in [4.69, 9.17) is 4.74 Å². The molecule has 5 heteroatoms. The Morgan fingerprint density at radius 1 is 0.967 bits per heavy atom. The first-order chi connectivity index (χ1) is 14.2. The molecule has 0 aliphatic rings. The largest absolute Gasteiger partial charge is 0.484 e. The highest BCUT2D eigenvalue weighted by Crippen LogP contribution is 2.17. The zero-order valence-electron chi connectivity index (χ0n) is 19.0. The van der Waals surface area contributed by atoms with Crippen molar-refractivity contribution < 1.29 is 14.3 Å². The molecule has 0 spiro atoms. The van der Waals surface area contributed by atoms with E-state index < -0.39 is 6.04 Å². The van der Waals surface area contributed by atoms with Crippen molar-refractivity contribution in [2.75, 3.05) is 6.61 Å². The first-order valence-corrected chi connectivity index (χ1v) is 10.6. The Morgan fingerprint density at radius 3 is 2.13 bits per heavy atom. The molecule has 0 saturated heterocycles. The second-order valence-electron chi connectivity index (χ2n) is 8.11. The van der Waals surface area contributed by atoms with Gasteiger partial charge in [0.1, 0.15) is 11.8 Å². The number of nitrogens with zero attached hydrogens (tertiary/aromatic N) is 1. The van der Waals surface area contributed by atoms with E-state index in [0.717, 1.165) is 28.7 Å². The van der Waals surface area contributed by atoms with Gasteiger partial charge in [0.25, 0.3) is 5.91 Å². The minimum Gasteiger partial charge on any atom is -0.484 e. The summed E-state index contributed by atoms with van der Waals surface area (Å²) in [5, 5.41) is 2.97. The number of rotatable bonds is 9. The number of nitrogens with one attached hydrogen (secondary N) is 1. The first-order valence-electron chi connectivity index (χ1n) is 10.6. The highest BCUT2D eigenvalue weighted by atomic mass is 16.5. The van der Waals surface area contributed by atoms with Gasteiger partial charge in [-0.15, -0.1) is 0 Å². The summed E-state index contributed by atoms with van der Waals surface area (Å²) in [4.78, 5) is 27.4. The van der Waals surface area contributed by atoms with Crippen molar-refractivity contribution in [1.29, 1.82) is 0 Å². The highest BCUT2D eigenvalue weighted by Gasteiger charge is 2.27. The molecule has 0 aliphatic carbocycles. The Balaban J connectivity index is 2.16. The number of carbonyl (C=O) groups excluding carboxylic acids is 2. The van der Waals surface area contributed by atoms with Crippen LogP contribution >= 0.6 is 0 Å². The van der Waals surface area contributed by atoms with E-state index in [0.29, 0.717) is 12.3 Å². The van der Waals surface area contributed by atoms with Gasteiger partial charge in [-0.1, -0.05) is 42.8 Å². The Morgan fingerprint density at radius 2 is 1.57 bits per heavy atom. The van der Waals surface area contributed by atoms with Crippen LogP contribution in [0.2, 0.25) is 0 Å². The normalized spacial score (nSPS) is 12.7. The smallest absolute Gasteiger partial charge is 0.261 e. The van der Waals surface area contributed by atoms with Crippen LogP contribution in [-0.2, 0) is 16.1 Å². The average Bonchev–Trinajstić information content (AvgIpc) is 2.70. The summed E-state index contributed by atoms with van der Waals surface area (Å²) in [7, 11) is 0. The van der Waals surface area contributed by atoms with Crippen molar-refractivity contribution in [3.05, 3.63) is 64.7 Å². The summed E-state index contributed by atoms with van der Waals surface area (Å²) in [6.07, 6.45) is 0.834. The van der Waals surface area contributed by atoms with Crippen LogP contribution in [0.5, 0.6) is 5.75 Å². The molecule has 2 aromatic carbocycles. The SMILES string of the molecule is CCC(C)NC(=O)C(C)N(Cc1ccc(C)cc1)C(=O)COc1cc(C)cc(C)c1. The van der Waals surface area contributed by atoms with Gasteiger partial charge in [0, 0.05) is 12.6 Å². The lowest BCUT2D eigenvalue weighted by Gasteiger charge is -2.29. The Bertz CT molecular complexity index is 841. The summed E-state index contributed by atoms with van der Waals surface area (Å²) in [5.74, 6) is 0.283. The molecule has 2 amide bonds. The number of amides is 2. The minimum absolute atomic E-state index is 0.0581. The third-order valence-electron chi connectivity index (χ3n) is 5.20. The van der Waals surface area contributed by atoms with E-state index in [2.05, 4.69) is 11.4 Å². The lowest BCUT2D eigenvalue weighted by atomic mass is 10.1. The van der Waals surface area contributed by atoms with E-state index in [1.54, 1.807) is 11.8 Å². The fraction of sp³-hybridized carbons (Fsp3) is 0.440. The number of hydrogen-bond donors (Lipinski definition) is 1. The molecule has 0 saturated carbocycles. The van der Waals surface area contributed by atoms with Crippen LogP contribution in [-0.4, -0.2) is 35.4 Å². The van der Waals surface area contributed by atoms with Gasteiger partial charge in [0.15, 0.2) is 6.61 Å². The van der Waals surface area contributed by atoms with Gasteiger partial charge in [-0.2, -0.15) is 0 Å². The standard InChI is InChI=1S/C25H34N2O3/c1-7-20(5)26-25(29)21(6)27(15-22-10-8-17(2)9-11-22)24(28)16-30-23-13-18(3)12-19(4)14-23/h8-14,20-21H,7,15-16H2,1-6H3,(H,26,29). The molecule has 0 heterocycles. The molecule has 2 unspecified atom stereocenters. The van der Waals surface area contributed by atoms with Crippen molar-refractivity contribution in [1.82, 2.24) is 10.2 Å². The van der Waals surface area contributed by atoms with Crippen LogP contribution in [0.3, 0.4) is 0 Å². The lowest BCUT2D eigenvalue weighted by Crippen LogP contribution is -2.50. The first kappa shape index (κ1) is 23.5. The molecule has 2 atom stereocenters. The minimum atomic E-state index is -0.601. The second-order valence-corrected chi connectivity index (χ2v) is 8.11. The van der Waals surface area contributed by atoms with Crippen LogP contribution in [0.25, 0.3) is 0 Å². The quantitative estimate of drug-likeness (QED) is 0.670. The zero-order valence-corrected chi connectivity index (χ0v) is 19.0. The van der Waals surface area contributed by atoms with E-state index in [-0.39, 0.29) is 24.5 Å². The summed E-state index contributed by atoms with van der Waals surface area (Å²) in [5.41, 5.74) is 4.28. The molecular formula is C25H34N2O3. The molecule has 0 bridgehead atoms. The number of benzene rings is 2. The van der Waals surface area contributed by atoms with Gasteiger partial charge < -0.3 is 15.0 Å². The Kier molecular flexibility index (Phi) is 8.46. The number of ether oxygens (including phenoxy) is 1. The van der Waals surface area contributed by atoms with E-state index in [1.807, 2.05) is 71.0 Å². The van der Waals surface area contributed by atoms with E-state index in [9.17, 15) is 9.59 Å². The number of carbonyl (C=O) groups is 2. The van der Waals surface area contributed by atoms with Gasteiger partial charge in [0.05, 0.1) is 0 Å². The molecule has 0 radical (unpaired) electrons. The monoisotopic (exact) mass is 410 g/mol. The van der Waals surface area contributed by atoms with Crippen LogP contribution in [0.4, 0.5) is 0 Å². The Hall–Kier alpha value is -2.82. The van der Waals surface area contributed by atoms with Gasteiger partial charge >= 0.3 is 0 Å². The zero-order chi connectivity index (χ0) is 22.3. The van der Waals surface area contributed by atoms with Crippen LogP contribution < -0.4 is 10.1 Å². The maximum Gasteiger partial charge on any atom is 0.261 e. The van der Waals surface area contributed by atoms with Gasteiger partial charge in [0.2, 0.25) is 5.91 Å². The topological polar surface area (TPSA) is 58.6 Å². The van der Waals surface area contributed by atoms with Gasteiger partial charge in [-0.05, 0) is 69.9 Å². The maximum absolute atomic E-state index is 13.1. The summed E-state index contributed by atoms with van der Waals surface area (Å²) in [6, 6.07) is 13.3. The number of aryl methyl sites for hydroxylation is 3. The molecule has 1 N–H and O–H groups in total. The molecule has 162 valence electrons. The van der Waals surface area contributed by atoms with E-state index >= 15 is 0 Å². The third-order valence-corrected chi connectivity index (χ3v) is 5.20. The van der Waals surface area contributed by atoms with Crippen molar-refractivity contribution in [2.24, 2.45) is 0 Å². The Labute approximate surface area is 180 Å². The third kappa shape index (κ3) is 6.90. The van der Waals surface area contributed by atoms with Crippen LogP contribution in [0.1, 0.15) is 49.4 Å². The van der Waals surface area contributed by atoms with Crippen molar-refractivity contribution in [3.63, 3.8) is 0 Å². The molecular weight excluding hydrogens is 376 g/mol. The highest BCUT2D eigenvalue weighted by molar-refractivity contribution is 5.88. The molecule has 5 nitrogen and oxygen atoms in total. The van der Waals surface area contributed by atoms with Crippen LogP contribution in [0.15, 0.2) is 42.5 Å². The summed E-state index contributed by atoms with van der Waals surface area (Å²) in [6.45, 7) is 12.0. The summed E-state index contributed by atoms with van der Waals surface area (Å²) >= 11 is 0. The van der Waals surface area contributed by atoms with E-state index in [1.165, 1.54) is 0 Å². The number of hydrogen-bond acceptors (Lipinski definition) is 3. The average molecular weight is 411 g/mol. The molecule has 0 fully saturated rings. The molecule has 0 aromatic heterocycles. The van der Waals surface area contributed by atoms with Gasteiger partial charge in [-0.3, -0.25) is 9.59 Å². The fourth-order valence-corrected chi connectivity index (χ4v) is 3.18. The van der Waals surface area contributed by atoms with Crippen molar-refractivity contribution in [2.45, 2.75) is 66.6 Å². The summed E-state index contributed by atoms with van der Waals surface area (Å²) < 4.78 is 5.78. The predicted octanol–water partition coefficient (Wildman–Crippen LogP) is 4.32. The van der Waals surface area contributed by atoms with Crippen molar-refractivity contribution >= 4 is 11.8 Å². The predicted molar refractivity (Wildman–Crippen MR) is 120 cm³/mol. The molecule has 30 heavy (non-hydrogen) atoms.